The van der Waals surface area contributed by atoms with E-state index in [1.165, 1.54) is 44.1 Å². The Bertz CT molecular complexity index is 673. The van der Waals surface area contributed by atoms with E-state index in [0.717, 1.165) is 17.8 Å². The molecule has 0 spiro atoms. The molecule has 1 aromatic rings. The summed E-state index contributed by atoms with van der Waals surface area (Å²) in [5.41, 5.74) is 1.48. The average Bonchev–Trinajstić information content (AvgIpc) is 2.45. The van der Waals surface area contributed by atoms with Crippen molar-refractivity contribution in [3.8, 4) is 0 Å². The summed E-state index contributed by atoms with van der Waals surface area (Å²) in [7, 11) is -3.26. The maximum absolute atomic E-state index is 12.6. The second-order valence-electron chi connectivity index (χ2n) is 8.76. The van der Waals surface area contributed by atoms with Crippen molar-refractivity contribution in [2.24, 2.45) is 23.7 Å². The highest BCUT2D eigenvalue weighted by molar-refractivity contribution is 7.91. The van der Waals surface area contributed by atoms with Gasteiger partial charge in [0, 0.05) is 6.20 Å². The molecular weight excluding hydrogens is 306 g/mol. The van der Waals surface area contributed by atoms with E-state index >= 15 is 0 Å². The van der Waals surface area contributed by atoms with E-state index in [9.17, 15) is 8.42 Å². The first-order valence-corrected chi connectivity index (χ1v) is 10.7. The van der Waals surface area contributed by atoms with Crippen molar-refractivity contribution in [3.05, 3.63) is 23.9 Å². The van der Waals surface area contributed by atoms with Crippen LogP contribution < -0.4 is 0 Å². The van der Waals surface area contributed by atoms with Crippen molar-refractivity contribution in [3.63, 3.8) is 0 Å². The molecule has 3 nitrogen and oxygen atoms in total. The summed E-state index contributed by atoms with van der Waals surface area (Å²) in [5.74, 6) is 2.91. The van der Waals surface area contributed by atoms with Gasteiger partial charge >= 0.3 is 0 Å². The lowest BCUT2D eigenvalue weighted by Gasteiger charge is -2.57. The Labute approximate surface area is 139 Å². The first-order valence-electron chi connectivity index (χ1n) is 9.06. The summed E-state index contributed by atoms with van der Waals surface area (Å²) in [6.45, 7) is 3.89. The smallest absolute Gasteiger partial charge is 0.195 e. The summed E-state index contributed by atoms with van der Waals surface area (Å²) in [4.78, 5) is 4.20. The van der Waals surface area contributed by atoms with Crippen LogP contribution in [-0.2, 0) is 15.3 Å². The molecule has 1 heterocycles. The van der Waals surface area contributed by atoms with E-state index in [4.69, 9.17) is 0 Å². The topological polar surface area (TPSA) is 47.0 Å². The predicted octanol–water partition coefficient (Wildman–Crippen LogP) is 3.98. The van der Waals surface area contributed by atoms with Crippen LogP contribution in [0.2, 0.25) is 0 Å². The maximum Gasteiger partial charge on any atom is 0.195 e. The quantitative estimate of drug-likeness (QED) is 0.837. The molecule has 5 rings (SSSR count). The monoisotopic (exact) mass is 333 g/mol. The standard InChI is InChI=1S/C19H27NO2S/c1-13(2)12-23(21,22)18-8-17(3-4-20-18)19-9-14-5-15(10-19)7-16(6-14)11-19/h3-4,8,13-16H,5-7,9-12H2,1-2H3. The number of rotatable bonds is 4. The van der Waals surface area contributed by atoms with Crippen molar-refractivity contribution >= 4 is 9.84 Å². The van der Waals surface area contributed by atoms with Gasteiger partial charge in [-0.3, -0.25) is 0 Å². The van der Waals surface area contributed by atoms with Gasteiger partial charge in [-0.15, -0.1) is 0 Å². The summed E-state index contributed by atoms with van der Waals surface area (Å²) in [6.07, 6.45) is 9.71. The highest BCUT2D eigenvalue weighted by Gasteiger charge is 2.51. The van der Waals surface area contributed by atoms with E-state index < -0.39 is 9.84 Å². The van der Waals surface area contributed by atoms with E-state index in [-0.39, 0.29) is 17.1 Å². The Hall–Kier alpha value is -0.900. The fourth-order valence-electron chi connectivity index (χ4n) is 5.90. The number of pyridine rings is 1. The van der Waals surface area contributed by atoms with Gasteiger partial charge in [0.1, 0.15) is 0 Å². The molecule has 0 aliphatic heterocycles. The van der Waals surface area contributed by atoms with Crippen LogP contribution in [0.4, 0.5) is 0 Å². The molecule has 4 heteroatoms. The molecule has 4 fully saturated rings. The number of hydrogen-bond acceptors (Lipinski definition) is 3. The van der Waals surface area contributed by atoms with Gasteiger partial charge in [0.25, 0.3) is 0 Å². The van der Waals surface area contributed by atoms with Crippen LogP contribution >= 0.6 is 0 Å². The lowest BCUT2D eigenvalue weighted by atomic mass is 9.48. The van der Waals surface area contributed by atoms with Crippen molar-refractivity contribution < 1.29 is 8.42 Å². The molecule has 4 aliphatic carbocycles. The maximum atomic E-state index is 12.6. The molecule has 1 aromatic heterocycles. The molecule has 0 amide bonds. The third kappa shape index (κ3) is 2.73. The summed E-state index contributed by atoms with van der Waals surface area (Å²) >= 11 is 0. The minimum absolute atomic E-state index is 0.130. The molecule has 4 saturated carbocycles. The minimum Gasteiger partial charge on any atom is -0.245 e. The third-order valence-corrected chi connectivity index (χ3v) is 8.22. The Balaban J connectivity index is 1.69. The van der Waals surface area contributed by atoms with Crippen molar-refractivity contribution in [2.45, 2.75) is 62.8 Å². The fraction of sp³-hybridized carbons (Fsp3) is 0.737. The number of nitrogens with zero attached hydrogens (tertiary/aromatic N) is 1. The van der Waals surface area contributed by atoms with Gasteiger partial charge in [0.05, 0.1) is 5.75 Å². The van der Waals surface area contributed by atoms with Crippen molar-refractivity contribution in [1.29, 1.82) is 0 Å². The molecular formula is C19H27NO2S. The highest BCUT2D eigenvalue weighted by Crippen LogP contribution is 2.60. The zero-order valence-electron chi connectivity index (χ0n) is 14.2. The van der Waals surface area contributed by atoms with Gasteiger partial charge in [0.15, 0.2) is 14.9 Å². The Morgan fingerprint density at radius 3 is 2.22 bits per heavy atom. The van der Waals surface area contributed by atoms with E-state index in [1.54, 1.807) is 6.20 Å². The Morgan fingerprint density at radius 2 is 1.70 bits per heavy atom. The lowest BCUT2D eigenvalue weighted by Crippen LogP contribution is -2.48. The lowest BCUT2D eigenvalue weighted by molar-refractivity contribution is -0.00533. The molecule has 126 valence electrons. The van der Waals surface area contributed by atoms with E-state index in [1.807, 2.05) is 19.9 Å². The van der Waals surface area contributed by atoms with Crippen LogP contribution in [0.5, 0.6) is 0 Å². The number of aromatic nitrogens is 1. The molecule has 0 N–H and O–H groups in total. The summed E-state index contributed by atoms with van der Waals surface area (Å²) in [5, 5.41) is 0.291. The third-order valence-electron chi connectivity index (χ3n) is 6.26. The largest absolute Gasteiger partial charge is 0.245 e. The van der Waals surface area contributed by atoms with Crippen LogP contribution in [0.3, 0.4) is 0 Å². The Kier molecular flexibility index (Phi) is 3.60. The molecule has 0 atom stereocenters. The van der Waals surface area contributed by atoms with Crippen LogP contribution in [-0.4, -0.2) is 19.2 Å². The van der Waals surface area contributed by atoms with E-state index in [0.29, 0.717) is 5.03 Å². The van der Waals surface area contributed by atoms with Gasteiger partial charge < -0.3 is 0 Å². The van der Waals surface area contributed by atoms with Crippen LogP contribution in [0.1, 0.15) is 57.9 Å². The molecule has 0 saturated heterocycles. The highest BCUT2D eigenvalue weighted by atomic mass is 32.2. The average molecular weight is 333 g/mol. The van der Waals surface area contributed by atoms with Crippen molar-refractivity contribution in [1.82, 2.24) is 4.98 Å². The van der Waals surface area contributed by atoms with Gasteiger partial charge in [-0.2, -0.15) is 0 Å². The van der Waals surface area contributed by atoms with E-state index in [2.05, 4.69) is 11.1 Å². The SMILES string of the molecule is CC(C)CS(=O)(=O)c1cc(C23CC4CC(CC(C4)C2)C3)ccn1. The predicted molar refractivity (Wildman–Crippen MR) is 91.0 cm³/mol. The van der Waals surface area contributed by atoms with Crippen molar-refractivity contribution in [2.75, 3.05) is 5.75 Å². The van der Waals surface area contributed by atoms with Gasteiger partial charge in [-0.25, -0.2) is 13.4 Å². The van der Waals surface area contributed by atoms with Gasteiger partial charge in [-0.1, -0.05) is 13.8 Å². The molecule has 4 bridgehead atoms. The second kappa shape index (κ2) is 5.30. The minimum atomic E-state index is -3.26. The zero-order valence-corrected chi connectivity index (χ0v) is 15.0. The molecule has 23 heavy (non-hydrogen) atoms. The molecule has 0 radical (unpaired) electrons. The van der Waals surface area contributed by atoms with Crippen LogP contribution in [0.15, 0.2) is 23.4 Å². The first kappa shape index (κ1) is 15.6. The van der Waals surface area contributed by atoms with Crippen LogP contribution in [0, 0.1) is 23.7 Å². The second-order valence-corrected chi connectivity index (χ2v) is 10.7. The first-order chi connectivity index (χ1) is 10.9. The van der Waals surface area contributed by atoms with Gasteiger partial charge in [-0.05, 0) is 85.3 Å². The number of hydrogen-bond donors (Lipinski definition) is 0. The summed E-state index contributed by atoms with van der Waals surface area (Å²) < 4.78 is 25.1. The molecule has 0 unspecified atom stereocenters. The zero-order chi connectivity index (χ0) is 16.2. The fourth-order valence-corrected chi connectivity index (χ4v) is 7.47. The summed E-state index contributed by atoms with van der Waals surface area (Å²) in [6, 6.07) is 3.99. The molecule has 0 aromatic carbocycles. The normalized spacial score (nSPS) is 35.9. The van der Waals surface area contributed by atoms with Gasteiger partial charge in [0.2, 0.25) is 0 Å². The Morgan fingerprint density at radius 1 is 1.13 bits per heavy atom. The number of sulfone groups is 1. The van der Waals surface area contributed by atoms with Crippen LogP contribution in [0.25, 0.3) is 0 Å². The molecule has 4 aliphatic rings.